The van der Waals surface area contributed by atoms with Crippen LogP contribution in [0.5, 0.6) is 0 Å². The van der Waals surface area contributed by atoms with Gasteiger partial charge in [-0.15, -0.1) is 5.10 Å². The fourth-order valence-corrected chi connectivity index (χ4v) is 2.59. The minimum absolute atomic E-state index is 0.296. The van der Waals surface area contributed by atoms with Crippen molar-refractivity contribution in [3.63, 3.8) is 0 Å². The molecule has 7 heteroatoms. The molecule has 1 fully saturated rings. The van der Waals surface area contributed by atoms with Crippen LogP contribution < -0.4 is 5.32 Å². The highest BCUT2D eigenvalue weighted by Crippen LogP contribution is 2.19. The Labute approximate surface area is 136 Å². The second-order valence-corrected chi connectivity index (χ2v) is 6.88. The fourth-order valence-electron chi connectivity index (χ4n) is 2.49. The summed E-state index contributed by atoms with van der Waals surface area (Å²) < 4.78 is 5.26. The number of carbonyl (C=O) groups is 1. The van der Waals surface area contributed by atoms with Crippen molar-refractivity contribution in [1.82, 2.24) is 20.4 Å². The molecule has 1 aromatic rings. The molecule has 1 amide bonds. The van der Waals surface area contributed by atoms with Crippen LogP contribution in [0.4, 0.5) is 4.79 Å². The van der Waals surface area contributed by atoms with Gasteiger partial charge < -0.3 is 10.1 Å². The smallest absolute Gasteiger partial charge is 0.407 e. The molecule has 0 bridgehead atoms. The largest absolute Gasteiger partial charge is 0.444 e. The predicted molar refractivity (Wildman–Crippen MR) is 84.7 cm³/mol. The highest BCUT2D eigenvalue weighted by atomic mass is 35.5. The SMILES string of the molecule is CC(C)(C)OC(=O)NC[C@H]1CCCN1Cc1ccc(Cl)nn1. The summed E-state index contributed by atoms with van der Waals surface area (Å²) in [6.07, 6.45) is 1.80. The molecule has 6 nitrogen and oxygen atoms in total. The molecule has 0 aliphatic carbocycles. The Morgan fingerprint density at radius 1 is 1.45 bits per heavy atom. The van der Waals surface area contributed by atoms with E-state index < -0.39 is 5.60 Å². The summed E-state index contributed by atoms with van der Waals surface area (Å²) in [5.74, 6) is 0. The zero-order valence-corrected chi connectivity index (χ0v) is 14.1. The quantitative estimate of drug-likeness (QED) is 0.921. The van der Waals surface area contributed by atoms with Crippen LogP contribution in [0.15, 0.2) is 12.1 Å². The molecule has 0 unspecified atom stereocenters. The Morgan fingerprint density at radius 2 is 2.23 bits per heavy atom. The summed E-state index contributed by atoms with van der Waals surface area (Å²) in [6, 6.07) is 3.92. The number of aromatic nitrogens is 2. The van der Waals surface area contributed by atoms with E-state index in [1.54, 1.807) is 6.07 Å². The molecule has 122 valence electrons. The molecule has 22 heavy (non-hydrogen) atoms. The van der Waals surface area contributed by atoms with Crippen molar-refractivity contribution in [2.45, 2.75) is 51.8 Å². The summed E-state index contributed by atoms with van der Waals surface area (Å²) in [6.45, 7) is 7.85. The van der Waals surface area contributed by atoms with Crippen molar-refractivity contribution in [1.29, 1.82) is 0 Å². The molecular weight excluding hydrogens is 304 g/mol. The van der Waals surface area contributed by atoms with Gasteiger partial charge in [-0.05, 0) is 52.3 Å². The molecule has 2 heterocycles. The van der Waals surface area contributed by atoms with Crippen molar-refractivity contribution >= 4 is 17.7 Å². The van der Waals surface area contributed by atoms with Gasteiger partial charge in [-0.3, -0.25) is 4.90 Å². The minimum atomic E-state index is -0.474. The lowest BCUT2D eigenvalue weighted by molar-refractivity contribution is 0.0512. The molecule has 0 spiro atoms. The first kappa shape index (κ1) is 17.0. The van der Waals surface area contributed by atoms with Gasteiger partial charge in [-0.2, -0.15) is 5.10 Å². The standard InChI is InChI=1S/C15H23ClN4O2/c1-15(2,3)22-14(21)17-9-12-5-4-8-20(12)10-11-6-7-13(16)19-18-11/h6-7,12H,4-5,8-10H2,1-3H3,(H,17,21)/t12-/m1/s1. The highest BCUT2D eigenvalue weighted by Gasteiger charge is 2.26. The van der Waals surface area contributed by atoms with Gasteiger partial charge in [0.2, 0.25) is 0 Å². The van der Waals surface area contributed by atoms with Crippen LogP contribution >= 0.6 is 11.6 Å². The van der Waals surface area contributed by atoms with E-state index in [-0.39, 0.29) is 6.09 Å². The van der Waals surface area contributed by atoms with Gasteiger partial charge in [0.1, 0.15) is 5.60 Å². The number of rotatable bonds is 4. The third-order valence-corrected chi connectivity index (χ3v) is 3.63. The van der Waals surface area contributed by atoms with Crippen molar-refractivity contribution in [3.05, 3.63) is 23.0 Å². The molecule has 0 radical (unpaired) electrons. The topological polar surface area (TPSA) is 67.3 Å². The van der Waals surface area contributed by atoms with Gasteiger partial charge in [0.25, 0.3) is 0 Å². The lowest BCUT2D eigenvalue weighted by Crippen LogP contribution is -2.41. The summed E-state index contributed by atoms with van der Waals surface area (Å²) in [7, 11) is 0. The monoisotopic (exact) mass is 326 g/mol. The normalized spacial score (nSPS) is 19.2. The third kappa shape index (κ3) is 5.42. The molecule has 1 atom stereocenters. The molecule has 0 saturated carbocycles. The van der Waals surface area contributed by atoms with Gasteiger partial charge in [-0.25, -0.2) is 4.79 Å². The zero-order valence-electron chi connectivity index (χ0n) is 13.3. The maximum atomic E-state index is 11.7. The van der Waals surface area contributed by atoms with E-state index in [1.165, 1.54) is 0 Å². The number of hydrogen-bond acceptors (Lipinski definition) is 5. The van der Waals surface area contributed by atoms with E-state index in [1.807, 2.05) is 26.8 Å². The van der Waals surface area contributed by atoms with Crippen LogP contribution in [0.25, 0.3) is 0 Å². The number of nitrogens with one attached hydrogen (secondary N) is 1. The van der Waals surface area contributed by atoms with Crippen molar-refractivity contribution in [2.75, 3.05) is 13.1 Å². The first-order valence-electron chi connectivity index (χ1n) is 7.52. The maximum absolute atomic E-state index is 11.7. The number of hydrogen-bond donors (Lipinski definition) is 1. The molecular formula is C15H23ClN4O2. The summed E-state index contributed by atoms with van der Waals surface area (Å²) in [5, 5.41) is 11.2. The van der Waals surface area contributed by atoms with Crippen LogP contribution in [-0.2, 0) is 11.3 Å². The summed E-state index contributed by atoms with van der Waals surface area (Å²) in [4.78, 5) is 14.0. The number of nitrogens with zero attached hydrogens (tertiary/aromatic N) is 3. The molecule has 1 aliphatic rings. The Morgan fingerprint density at radius 3 is 2.86 bits per heavy atom. The van der Waals surface area contributed by atoms with E-state index in [4.69, 9.17) is 16.3 Å². The van der Waals surface area contributed by atoms with Crippen LogP contribution in [0.3, 0.4) is 0 Å². The van der Waals surface area contributed by atoms with Crippen molar-refractivity contribution in [3.8, 4) is 0 Å². The van der Waals surface area contributed by atoms with Gasteiger partial charge in [0, 0.05) is 19.1 Å². The Balaban J connectivity index is 1.83. The maximum Gasteiger partial charge on any atom is 0.407 e. The average Bonchev–Trinajstić information content (AvgIpc) is 2.84. The van der Waals surface area contributed by atoms with Gasteiger partial charge in [0.05, 0.1) is 5.69 Å². The highest BCUT2D eigenvalue weighted by molar-refractivity contribution is 6.29. The Kier molecular flexibility index (Phi) is 5.58. The van der Waals surface area contributed by atoms with Crippen LogP contribution in [0.2, 0.25) is 5.15 Å². The van der Waals surface area contributed by atoms with Gasteiger partial charge in [-0.1, -0.05) is 11.6 Å². The number of amides is 1. The molecule has 1 saturated heterocycles. The fraction of sp³-hybridized carbons (Fsp3) is 0.667. The number of halogens is 1. The first-order chi connectivity index (χ1) is 10.3. The van der Waals surface area contributed by atoms with Crippen LogP contribution in [-0.4, -0.2) is 45.9 Å². The van der Waals surface area contributed by atoms with Crippen molar-refractivity contribution in [2.24, 2.45) is 0 Å². The lowest BCUT2D eigenvalue weighted by Gasteiger charge is -2.25. The van der Waals surface area contributed by atoms with Crippen LogP contribution in [0.1, 0.15) is 39.3 Å². The molecule has 1 N–H and O–H groups in total. The van der Waals surface area contributed by atoms with Gasteiger partial charge >= 0.3 is 6.09 Å². The second kappa shape index (κ2) is 7.24. The van der Waals surface area contributed by atoms with Gasteiger partial charge in [0.15, 0.2) is 5.15 Å². The number of alkyl carbamates (subject to hydrolysis) is 1. The lowest BCUT2D eigenvalue weighted by atomic mass is 10.2. The predicted octanol–water partition coefficient (Wildman–Crippen LogP) is 2.62. The second-order valence-electron chi connectivity index (χ2n) is 6.50. The molecule has 1 aromatic heterocycles. The van der Waals surface area contributed by atoms with E-state index in [9.17, 15) is 4.79 Å². The minimum Gasteiger partial charge on any atom is -0.444 e. The Bertz CT molecular complexity index is 501. The summed E-state index contributed by atoms with van der Waals surface area (Å²) >= 11 is 5.75. The number of carbonyl (C=O) groups excluding carboxylic acids is 1. The molecule has 1 aliphatic heterocycles. The van der Waals surface area contributed by atoms with E-state index in [2.05, 4.69) is 20.4 Å². The third-order valence-electron chi connectivity index (χ3n) is 3.43. The number of likely N-dealkylation sites (tertiary alicyclic amines) is 1. The average molecular weight is 327 g/mol. The van der Waals surface area contributed by atoms with E-state index in [0.29, 0.717) is 24.3 Å². The molecule has 2 rings (SSSR count). The van der Waals surface area contributed by atoms with Crippen molar-refractivity contribution < 1.29 is 9.53 Å². The summed E-state index contributed by atoms with van der Waals surface area (Å²) in [5.41, 5.74) is 0.409. The first-order valence-corrected chi connectivity index (χ1v) is 7.90. The number of ether oxygens (including phenoxy) is 1. The Hall–Kier alpha value is -1.40. The zero-order chi connectivity index (χ0) is 16.2. The van der Waals surface area contributed by atoms with E-state index >= 15 is 0 Å². The van der Waals surface area contributed by atoms with E-state index in [0.717, 1.165) is 25.1 Å². The van der Waals surface area contributed by atoms with Crippen LogP contribution in [0, 0.1) is 0 Å². The molecule has 0 aromatic carbocycles.